The molecule has 0 amide bonds. The summed E-state index contributed by atoms with van der Waals surface area (Å²) in [5.41, 5.74) is 5.00. The summed E-state index contributed by atoms with van der Waals surface area (Å²) in [5, 5.41) is 15.6. The van der Waals surface area contributed by atoms with Crippen molar-refractivity contribution in [1.29, 1.82) is 0 Å². The second-order valence-corrected chi connectivity index (χ2v) is 8.01. The second kappa shape index (κ2) is 8.20. The Hall–Kier alpha value is -3.52. The van der Waals surface area contributed by atoms with Crippen LogP contribution in [0.1, 0.15) is 6.42 Å². The van der Waals surface area contributed by atoms with Crippen molar-refractivity contribution in [2.75, 3.05) is 25.1 Å². The Labute approximate surface area is 185 Å². The van der Waals surface area contributed by atoms with Crippen LogP contribution in [0.2, 0.25) is 0 Å². The number of aromatic nitrogens is 4. The van der Waals surface area contributed by atoms with Gasteiger partial charge in [0.2, 0.25) is 0 Å². The number of halogens is 1. The molecule has 0 bridgehead atoms. The van der Waals surface area contributed by atoms with E-state index in [1.165, 1.54) is 6.33 Å². The predicted octanol–water partition coefficient (Wildman–Crippen LogP) is 3.62. The number of hydrogen-bond acceptors (Lipinski definition) is 6. The van der Waals surface area contributed by atoms with Gasteiger partial charge in [0.1, 0.15) is 30.0 Å². The fourth-order valence-corrected chi connectivity index (χ4v) is 4.29. The van der Waals surface area contributed by atoms with Crippen LogP contribution in [0.3, 0.4) is 0 Å². The van der Waals surface area contributed by atoms with Crippen molar-refractivity contribution < 1.29 is 14.2 Å². The molecular formula is C24H24FN5O2. The number of rotatable bonds is 4. The number of hydrogen-bond donors (Lipinski definition) is 1. The number of methoxy groups -OCH3 is 1. The average molecular weight is 433 g/mol. The van der Waals surface area contributed by atoms with Gasteiger partial charge in [-0.05, 0) is 12.5 Å². The maximum absolute atomic E-state index is 13.9. The summed E-state index contributed by atoms with van der Waals surface area (Å²) in [6, 6.07) is 13.8. The summed E-state index contributed by atoms with van der Waals surface area (Å²) in [7, 11) is 3.48. The van der Waals surface area contributed by atoms with Gasteiger partial charge in [0.15, 0.2) is 0 Å². The maximum atomic E-state index is 13.9. The van der Waals surface area contributed by atoms with Gasteiger partial charge in [-0.15, -0.1) is 0 Å². The van der Waals surface area contributed by atoms with Crippen LogP contribution >= 0.6 is 0 Å². The molecule has 1 aliphatic heterocycles. The highest BCUT2D eigenvalue weighted by Crippen LogP contribution is 2.39. The molecule has 5 rings (SSSR count). The lowest BCUT2D eigenvalue weighted by atomic mass is 10.0. The predicted molar refractivity (Wildman–Crippen MR) is 121 cm³/mol. The van der Waals surface area contributed by atoms with Gasteiger partial charge >= 0.3 is 0 Å². The number of aryl methyl sites for hydroxylation is 1. The average Bonchev–Trinajstić information content (AvgIpc) is 3.21. The van der Waals surface area contributed by atoms with E-state index in [-0.39, 0.29) is 13.0 Å². The Kier molecular flexibility index (Phi) is 5.22. The van der Waals surface area contributed by atoms with Crippen LogP contribution in [0.25, 0.3) is 33.4 Å². The van der Waals surface area contributed by atoms with Gasteiger partial charge < -0.3 is 14.7 Å². The van der Waals surface area contributed by atoms with E-state index in [4.69, 9.17) is 4.74 Å². The number of ether oxygens (including phenoxy) is 1. The number of nitrogens with zero attached hydrogens (tertiary/aromatic N) is 5. The second-order valence-electron chi connectivity index (χ2n) is 8.01. The molecule has 0 unspecified atom stereocenters. The lowest BCUT2D eigenvalue weighted by Gasteiger charge is -2.34. The van der Waals surface area contributed by atoms with Crippen LogP contribution in [0.5, 0.6) is 5.75 Å². The van der Waals surface area contributed by atoms with E-state index in [1.54, 1.807) is 11.8 Å². The van der Waals surface area contributed by atoms with Gasteiger partial charge in [0.25, 0.3) is 0 Å². The van der Waals surface area contributed by atoms with Crippen LogP contribution < -0.4 is 9.64 Å². The molecule has 2 aromatic heterocycles. The molecule has 1 aliphatic rings. The molecule has 32 heavy (non-hydrogen) atoms. The van der Waals surface area contributed by atoms with Gasteiger partial charge in [-0.3, -0.25) is 4.68 Å². The minimum absolute atomic E-state index is 0.203. The highest BCUT2D eigenvalue weighted by Gasteiger charge is 2.29. The Morgan fingerprint density at radius 3 is 2.69 bits per heavy atom. The molecule has 3 heterocycles. The number of anilines is 1. The zero-order chi connectivity index (χ0) is 22.2. The fourth-order valence-electron chi connectivity index (χ4n) is 4.29. The Morgan fingerprint density at radius 2 is 1.94 bits per heavy atom. The van der Waals surface area contributed by atoms with Gasteiger partial charge in [-0.2, -0.15) is 5.10 Å². The molecule has 0 radical (unpaired) electrons. The van der Waals surface area contributed by atoms with E-state index in [0.717, 1.165) is 39.1 Å². The van der Waals surface area contributed by atoms with Crippen LogP contribution in [-0.2, 0) is 7.05 Å². The Balaban J connectivity index is 1.68. The lowest BCUT2D eigenvalue weighted by molar-refractivity contribution is 0.0644. The zero-order valence-electron chi connectivity index (χ0n) is 17.9. The molecule has 2 atom stereocenters. The van der Waals surface area contributed by atoms with E-state index in [1.807, 2.05) is 60.6 Å². The summed E-state index contributed by atoms with van der Waals surface area (Å²) < 4.78 is 21.3. The minimum atomic E-state index is -1.21. The van der Waals surface area contributed by atoms with Crippen molar-refractivity contribution >= 4 is 16.6 Å². The highest BCUT2D eigenvalue weighted by molar-refractivity contribution is 5.98. The zero-order valence-corrected chi connectivity index (χ0v) is 17.9. The number of benzene rings is 2. The van der Waals surface area contributed by atoms with E-state index < -0.39 is 12.3 Å². The van der Waals surface area contributed by atoms with Crippen molar-refractivity contribution in [3.63, 3.8) is 0 Å². The number of aliphatic hydroxyl groups is 1. The Bertz CT molecular complexity index is 1260. The normalized spacial score (nSPS) is 18.8. The summed E-state index contributed by atoms with van der Waals surface area (Å²) in [5.74, 6) is 0.626. The van der Waals surface area contributed by atoms with Gasteiger partial charge in [-0.25, -0.2) is 14.4 Å². The molecule has 1 N–H and O–H groups in total. The summed E-state index contributed by atoms with van der Waals surface area (Å²) in [4.78, 5) is 11.0. The van der Waals surface area contributed by atoms with Gasteiger partial charge in [0, 0.05) is 48.9 Å². The third-order valence-corrected chi connectivity index (χ3v) is 5.91. The molecule has 0 saturated carbocycles. The first-order valence-corrected chi connectivity index (χ1v) is 10.5. The van der Waals surface area contributed by atoms with Crippen molar-refractivity contribution in [2.45, 2.75) is 18.7 Å². The number of alkyl halides is 1. The van der Waals surface area contributed by atoms with E-state index in [9.17, 15) is 9.50 Å². The molecular weight excluding hydrogens is 409 g/mol. The monoisotopic (exact) mass is 433 g/mol. The van der Waals surface area contributed by atoms with Crippen molar-refractivity contribution in [3.8, 4) is 28.3 Å². The quantitative estimate of drug-likeness (QED) is 0.530. The number of fused-ring (bicyclic) bond motifs is 1. The first-order chi connectivity index (χ1) is 15.5. The van der Waals surface area contributed by atoms with Crippen LogP contribution in [0.15, 0.2) is 55.0 Å². The topological polar surface area (TPSA) is 76.3 Å². The van der Waals surface area contributed by atoms with Crippen LogP contribution in [0, 0.1) is 0 Å². The van der Waals surface area contributed by atoms with Crippen LogP contribution in [0.4, 0.5) is 10.1 Å². The van der Waals surface area contributed by atoms with Crippen molar-refractivity contribution in [1.82, 2.24) is 19.7 Å². The largest absolute Gasteiger partial charge is 0.495 e. The summed E-state index contributed by atoms with van der Waals surface area (Å²) in [6.07, 6.45) is 1.52. The first kappa shape index (κ1) is 20.4. The van der Waals surface area contributed by atoms with E-state index in [2.05, 4.69) is 15.1 Å². The molecule has 8 heteroatoms. The highest BCUT2D eigenvalue weighted by atomic mass is 19.1. The molecule has 164 valence electrons. The SMILES string of the molecule is COc1cc2ncnc(-c3cn(C)nc3-c3ccccc3)c2cc1N1CC[C@H](F)[C@@H](O)C1. The van der Waals surface area contributed by atoms with Crippen LogP contribution in [-0.4, -0.2) is 57.3 Å². The molecule has 4 aromatic rings. The summed E-state index contributed by atoms with van der Waals surface area (Å²) in [6.45, 7) is 0.694. The number of β-amino-alcohol motifs (C(OH)–C–C–N with tert-alkyl or cyclic N) is 1. The Morgan fingerprint density at radius 1 is 1.12 bits per heavy atom. The smallest absolute Gasteiger partial charge is 0.144 e. The third-order valence-electron chi connectivity index (χ3n) is 5.91. The third kappa shape index (κ3) is 3.56. The van der Waals surface area contributed by atoms with Crippen molar-refractivity contribution in [3.05, 3.63) is 55.0 Å². The van der Waals surface area contributed by atoms with Gasteiger partial charge in [-0.1, -0.05) is 30.3 Å². The first-order valence-electron chi connectivity index (χ1n) is 10.5. The standard InChI is InChI=1S/C24H24FN5O2/c1-29-12-17(23(28-29)15-6-4-3-5-7-15)24-16-10-20(30-9-8-18(25)21(31)13-30)22(32-2)11-19(16)26-14-27-24/h3-7,10-12,14,18,21,31H,8-9,13H2,1-2H3/t18-,21-/m0/s1. The molecule has 1 saturated heterocycles. The maximum Gasteiger partial charge on any atom is 0.144 e. The number of piperidine rings is 1. The molecule has 7 nitrogen and oxygen atoms in total. The fraction of sp³-hybridized carbons (Fsp3) is 0.292. The summed E-state index contributed by atoms with van der Waals surface area (Å²) >= 11 is 0. The minimum Gasteiger partial charge on any atom is -0.495 e. The molecule has 0 spiro atoms. The van der Waals surface area contributed by atoms with E-state index in [0.29, 0.717) is 12.3 Å². The van der Waals surface area contributed by atoms with Gasteiger partial charge in [0.05, 0.1) is 24.0 Å². The molecule has 0 aliphatic carbocycles. The van der Waals surface area contributed by atoms with Crippen molar-refractivity contribution in [2.24, 2.45) is 7.05 Å². The van der Waals surface area contributed by atoms with E-state index >= 15 is 0 Å². The molecule has 2 aromatic carbocycles. The molecule has 1 fully saturated rings. The lowest BCUT2D eigenvalue weighted by Crippen LogP contribution is -2.45. The number of aliphatic hydroxyl groups excluding tert-OH is 1.